The van der Waals surface area contributed by atoms with Gasteiger partial charge in [0.25, 0.3) is 0 Å². The Morgan fingerprint density at radius 3 is 1.93 bits per heavy atom. The number of rotatable bonds is 5. The molecule has 1 aliphatic carbocycles. The molecule has 0 atom stereocenters. The van der Waals surface area contributed by atoms with E-state index in [4.69, 9.17) is 0 Å². The van der Waals surface area contributed by atoms with Crippen LogP contribution in [0.2, 0.25) is 0 Å². The zero-order valence-corrected chi connectivity index (χ0v) is 15.6. The van der Waals surface area contributed by atoms with Gasteiger partial charge in [0.05, 0.1) is 12.7 Å². The zero-order chi connectivity index (χ0) is 19.6. The van der Waals surface area contributed by atoms with Crippen molar-refractivity contribution in [3.05, 3.63) is 59.2 Å². The standard InChI is InChI=1S/C21H22N2O4/c1-13-4-7-17(12-14(13)2)23-20(26)21(10-11-21)19(25)22-16-8-5-15(6-9-16)18(24)27-3/h4-9,12H,10-11H2,1-3H3,(H,22,25)(H,23,26). The third-order valence-corrected chi connectivity index (χ3v) is 4.95. The summed E-state index contributed by atoms with van der Waals surface area (Å²) in [5.41, 5.74) is 2.78. The van der Waals surface area contributed by atoms with Crippen molar-refractivity contribution < 1.29 is 19.1 Å². The molecule has 0 saturated heterocycles. The number of carbonyl (C=O) groups is 3. The number of anilines is 2. The van der Waals surface area contributed by atoms with Crippen LogP contribution in [0, 0.1) is 19.3 Å². The van der Waals surface area contributed by atoms with Gasteiger partial charge in [0, 0.05) is 11.4 Å². The van der Waals surface area contributed by atoms with Gasteiger partial charge in [0.2, 0.25) is 11.8 Å². The van der Waals surface area contributed by atoms with Crippen LogP contribution >= 0.6 is 0 Å². The largest absolute Gasteiger partial charge is 0.465 e. The van der Waals surface area contributed by atoms with Gasteiger partial charge in [-0.2, -0.15) is 0 Å². The highest BCUT2D eigenvalue weighted by Gasteiger charge is 2.56. The number of ether oxygens (including phenoxy) is 1. The first-order valence-electron chi connectivity index (χ1n) is 8.74. The zero-order valence-electron chi connectivity index (χ0n) is 15.6. The molecule has 1 fully saturated rings. The summed E-state index contributed by atoms with van der Waals surface area (Å²) < 4.78 is 4.65. The Labute approximate surface area is 157 Å². The van der Waals surface area contributed by atoms with E-state index in [0.29, 0.717) is 29.8 Å². The van der Waals surface area contributed by atoms with E-state index in [2.05, 4.69) is 15.4 Å². The predicted octanol–water partition coefficient (Wildman–Crippen LogP) is 3.45. The molecule has 140 valence electrons. The van der Waals surface area contributed by atoms with Crippen LogP contribution in [-0.4, -0.2) is 24.9 Å². The van der Waals surface area contributed by atoms with Crippen molar-refractivity contribution in [1.29, 1.82) is 0 Å². The monoisotopic (exact) mass is 366 g/mol. The van der Waals surface area contributed by atoms with Crippen LogP contribution in [0.25, 0.3) is 0 Å². The highest BCUT2D eigenvalue weighted by atomic mass is 16.5. The molecule has 2 aromatic carbocycles. The molecular weight excluding hydrogens is 344 g/mol. The Morgan fingerprint density at radius 2 is 1.41 bits per heavy atom. The number of aryl methyl sites for hydroxylation is 2. The summed E-state index contributed by atoms with van der Waals surface area (Å²) in [6, 6.07) is 12.0. The van der Waals surface area contributed by atoms with Crippen molar-refractivity contribution in [1.82, 2.24) is 0 Å². The van der Waals surface area contributed by atoms with Gasteiger partial charge >= 0.3 is 5.97 Å². The Hall–Kier alpha value is -3.15. The highest BCUT2D eigenvalue weighted by Crippen LogP contribution is 2.47. The van der Waals surface area contributed by atoms with Crippen molar-refractivity contribution in [3.63, 3.8) is 0 Å². The fraction of sp³-hybridized carbons (Fsp3) is 0.286. The van der Waals surface area contributed by atoms with Crippen LogP contribution in [0.5, 0.6) is 0 Å². The molecule has 2 aromatic rings. The minimum absolute atomic E-state index is 0.297. The molecule has 0 bridgehead atoms. The quantitative estimate of drug-likeness (QED) is 0.627. The van der Waals surface area contributed by atoms with Gasteiger partial charge in [-0.15, -0.1) is 0 Å². The van der Waals surface area contributed by atoms with Crippen LogP contribution in [-0.2, 0) is 14.3 Å². The lowest BCUT2D eigenvalue weighted by molar-refractivity contribution is -0.131. The van der Waals surface area contributed by atoms with Crippen molar-refractivity contribution in [2.45, 2.75) is 26.7 Å². The molecule has 6 nitrogen and oxygen atoms in total. The van der Waals surface area contributed by atoms with Crippen LogP contribution in [0.1, 0.15) is 34.3 Å². The van der Waals surface area contributed by atoms with E-state index in [1.54, 1.807) is 24.3 Å². The lowest BCUT2D eigenvalue weighted by atomic mass is 10.0. The maximum Gasteiger partial charge on any atom is 0.337 e. The van der Waals surface area contributed by atoms with Crippen LogP contribution in [0.3, 0.4) is 0 Å². The second-order valence-corrected chi connectivity index (χ2v) is 6.86. The van der Waals surface area contributed by atoms with Gasteiger partial charge < -0.3 is 15.4 Å². The minimum Gasteiger partial charge on any atom is -0.465 e. The summed E-state index contributed by atoms with van der Waals surface area (Å²) in [5, 5.41) is 5.61. The summed E-state index contributed by atoms with van der Waals surface area (Å²) >= 11 is 0. The Bertz CT molecular complexity index is 899. The topological polar surface area (TPSA) is 84.5 Å². The van der Waals surface area contributed by atoms with Gasteiger partial charge in [-0.05, 0) is 74.2 Å². The number of amides is 2. The van der Waals surface area contributed by atoms with Crippen molar-refractivity contribution in [3.8, 4) is 0 Å². The Balaban J connectivity index is 1.67. The molecule has 6 heteroatoms. The molecule has 1 saturated carbocycles. The summed E-state index contributed by atoms with van der Waals surface area (Å²) in [7, 11) is 1.31. The van der Waals surface area contributed by atoms with Gasteiger partial charge in [-0.25, -0.2) is 4.79 Å². The summed E-state index contributed by atoms with van der Waals surface area (Å²) in [5.74, 6) is -1.08. The maximum atomic E-state index is 12.7. The third kappa shape index (κ3) is 3.84. The van der Waals surface area contributed by atoms with Crippen LogP contribution in [0.4, 0.5) is 11.4 Å². The summed E-state index contributed by atoms with van der Waals surface area (Å²) in [6.45, 7) is 3.98. The van der Waals surface area contributed by atoms with E-state index in [1.165, 1.54) is 7.11 Å². The van der Waals surface area contributed by atoms with E-state index in [1.807, 2.05) is 32.0 Å². The average molecular weight is 366 g/mol. The van der Waals surface area contributed by atoms with E-state index in [0.717, 1.165) is 11.1 Å². The number of nitrogens with one attached hydrogen (secondary N) is 2. The van der Waals surface area contributed by atoms with Gasteiger partial charge in [-0.1, -0.05) is 6.07 Å². The second-order valence-electron chi connectivity index (χ2n) is 6.86. The van der Waals surface area contributed by atoms with E-state index < -0.39 is 11.4 Å². The van der Waals surface area contributed by atoms with E-state index in [9.17, 15) is 14.4 Å². The highest BCUT2D eigenvalue weighted by molar-refractivity contribution is 6.17. The number of hydrogen-bond acceptors (Lipinski definition) is 4. The predicted molar refractivity (Wildman–Crippen MR) is 103 cm³/mol. The maximum absolute atomic E-state index is 12.7. The fourth-order valence-electron chi connectivity index (χ4n) is 2.81. The first kappa shape index (κ1) is 18.6. The van der Waals surface area contributed by atoms with Crippen LogP contribution < -0.4 is 10.6 Å². The molecule has 1 aliphatic rings. The SMILES string of the molecule is COC(=O)c1ccc(NC(=O)C2(C(=O)Nc3ccc(C)c(C)c3)CC2)cc1. The molecule has 0 aromatic heterocycles. The van der Waals surface area contributed by atoms with E-state index >= 15 is 0 Å². The normalized spacial score (nSPS) is 14.2. The first-order valence-corrected chi connectivity index (χ1v) is 8.74. The summed E-state index contributed by atoms with van der Waals surface area (Å²) in [6.07, 6.45) is 1.02. The minimum atomic E-state index is -1.04. The first-order chi connectivity index (χ1) is 12.9. The van der Waals surface area contributed by atoms with Crippen LogP contribution in [0.15, 0.2) is 42.5 Å². The van der Waals surface area contributed by atoms with Gasteiger partial charge in [-0.3, -0.25) is 9.59 Å². The fourth-order valence-corrected chi connectivity index (χ4v) is 2.81. The number of esters is 1. The van der Waals surface area contributed by atoms with Crippen molar-refractivity contribution in [2.24, 2.45) is 5.41 Å². The summed E-state index contributed by atoms with van der Waals surface area (Å²) in [4.78, 5) is 36.8. The molecule has 0 radical (unpaired) electrons. The van der Waals surface area contributed by atoms with E-state index in [-0.39, 0.29) is 11.8 Å². The Morgan fingerprint density at radius 1 is 0.852 bits per heavy atom. The number of methoxy groups -OCH3 is 1. The molecule has 0 unspecified atom stereocenters. The number of carbonyl (C=O) groups excluding carboxylic acids is 3. The lowest BCUT2D eigenvalue weighted by Gasteiger charge is -2.16. The Kier molecular flexibility index (Phi) is 4.99. The van der Waals surface area contributed by atoms with Crippen molar-refractivity contribution in [2.75, 3.05) is 17.7 Å². The molecule has 3 rings (SSSR count). The smallest absolute Gasteiger partial charge is 0.337 e. The third-order valence-electron chi connectivity index (χ3n) is 4.95. The van der Waals surface area contributed by atoms with Gasteiger partial charge in [0.15, 0.2) is 0 Å². The molecule has 27 heavy (non-hydrogen) atoms. The molecule has 0 heterocycles. The molecular formula is C21H22N2O4. The number of hydrogen-bond donors (Lipinski definition) is 2. The lowest BCUT2D eigenvalue weighted by Crippen LogP contribution is -2.35. The number of benzene rings is 2. The van der Waals surface area contributed by atoms with Gasteiger partial charge in [0.1, 0.15) is 5.41 Å². The molecule has 0 aliphatic heterocycles. The second kappa shape index (κ2) is 7.23. The molecule has 2 amide bonds. The van der Waals surface area contributed by atoms with Crippen molar-refractivity contribution >= 4 is 29.2 Å². The average Bonchev–Trinajstić information content (AvgIpc) is 3.47. The molecule has 0 spiro atoms. The molecule has 2 N–H and O–H groups in total.